The van der Waals surface area contributed by atoms with Gasteiger partial charge in [0, 0.05) is 23.6 Å². The molecule has 3 aromatic rings. The number of carbonyl (C=O) groups excluding carboxylic acids is 2. The molecular weight excluding hydrogens is 306 g/mol. The van der Waals surface area contributed by atoms with Crippen LogP contribution in [0, 0.1) is 0 Å². The molecule has 1 heterocycles. The standard InChI is InChI=1S/C18H15N3O3/c1-24-18(23)14-5-2-4-13(12-14)17(22)20-15-6-8-16(9-7-15)21-11-3-10-19-21/h2-12H,1H3,(H,20,22). The third-order valence-electron chi connectivity index (χ3n) is 3.44. The van der Waals surface area contributed by atoms with E-state index in [1.807, 2.05) is 24.4 Å². The number of nitrogens with zero attached hydrogens (tertiary/aromatic N) is 2. The predicted octanol–water partition coefficient (Wildman–Crippen LogP) is 2.91. The normalized spacial score (nSPS) is 10.2. The van der Waals surface area contributed by atoms with Crippen LogP contribution in [-0.2, 0) is 4.74 Å². The highest BCUT2D eigenvalue weighted by molar-refractivity contribution is 6.05. The third kappa shape index (κ3) is 3.33. The summed E-state index contributed by atoms with van der Waals surface area (Å²) in [5, 5.41) is 6.94. The number of hydrogen-bond acceptors (Lipinski definition) is 4. The van der Waals surface area contributed by atoms with Gasteiger partial charge in [0.1, 0.15) is 0 Å². The molecular formula is C18H15N3O3. The second-order valence-corrected chi connectivity index (χ2v) is 5.02. The molecule has 0 spiro atoms. The fraction of sp³-hybridized carbons (Fsp3) is 0.0556. The number of anilines is 1. The minimum Gasteiger partial charge on any atom is -0.465 e. The van der Waals surface area contributed by atoms with Gasteiger partial charge in [-0.15, -0.1) is 0 Å². The molecule has 0 radical (unpaired) electrons. The van der Waals surface area contributed by atoms with Crippen molar-refractivity contribution in [3.63, 3.8) is 0 Å². The molecule has 0 aliphatic carbocycles. The summed E-state index contributed by atoms with van der Waals surface area (Å²) in [7, 11) is 1.30. The van der Waals surface area contributed by atoms with E-state index >= 15 is 0 Å². The van der Waals surface area contributed by atoms with Crippen molar-refractivity contribution >= 4 is 17.6 Å². The van der Waals surface area contributed by atoms with Crippen LogP contribution < -0.4 is 5.32 Å². The molecule has 0 saturated carbocycles. The van der Waals surface area contributed by atoms with E-state index in [2.05, 4.69) is 15.2 Å². The Labute approximate surface area is 138 Å². The maximum absolute atomic E-state index is 12.3. The number of methoxy groups -OCH3 is 1. The van der Waals surface area contributed by atoms with Crippen molar-refractivity contribution in [3.8, 4) is 5.69 Å². The average molecular weight is 321 g/mol. The molecule has 0 saturated heterocycles. The number of benzene rings is 2. The average Bonchev–Trinajstić information content (AvgIpc) is 3.16. The number of aromatic nitrogens is 2. The minimum absolute atomic E-state index is 0.299. The van der Waals surface area contributed by atoms with Crippen LogP contribution in [0.25, 0.3) is 5.69 Å². The third-order valence-corrected chi connectivity index (χ3v) is 3.44. The number of ether oxygens (including phenoxy) is 1. The van der Waals surface area contributed by atoms with Gasteiger partial charge in [-0.1, -0.05) is 6.07 Å². The Morgan fingerprint density at radius 2 is 1.79 bits per heavy atom. The number of hydrogen-bond donors (Lipinski definition) is 1. The molecule has 0 atom stereocenters. The second-order valence-electron chi connectivity index (χ2n) is 5.02. The Hall–Kier alpha value is -3.41. The van der Waals surface area contributed by atoms with E-state index in [0.29, 0.717) is 16.8 Å². The van der Waals surface area contributed by atoms with Crippen molar-refractivity contribution in [2.45, 2.75) is 0 Å². The Morgan fingerprint density at radius 1 is 1.04 bits per heavy atom. The fourth-order valence-corrected chi connectivity index (χ4v) is 2.23. The van der Waals surface area contributed by atoms with Gasteiger partial charge in [-0.2, -0.15) is 5.10 Å². The molecule has 6 heteroatoms. The number of amides is 1. The van der Waals surface area contributed by atoms with Crippen molar-refractivity contribution < 1.29 is 14.3 Å². The zero-order valence-corrected chi connectivity index (χ0v) is 13.0. The summed E-state index contributed by atoms with van der Waals surface area (Å²) in [5.74, 6) is -0.777. The van der Waals surface area contributed by atoms with Gasteiger partial charge in [0.25, 0.3) is 5.91 Å². The van der Waals surface area contributed by atoms with E-state index in [1.165, 1.54) is 13.2 Å². The van der Waals surface area contributed by atoms with E-state index in [4.69, 9.17) is 0 Å². The first-order valence-corrected chi connectivity index (χ1v) is 7.27. The van der Waals surface area contributed by atoms with E-state index in [9.17, 15) is 9.59 Å². The van der Waals surface area contributed by atoms with Gasteiger partial charge in [0.2, 0.25) is 0 Å². The van der Waals surface area contributed by atoms with Gasteiger partial charge in [-0.3, -0.25) is 4.79 Å². The minimum atomic E-state index is -0.478. The van der Waals surface area contributed by atoms with Gasteiger partial charge in [0.05, 0.1) is 18.4 Å². The first kappa shape index (κ1) is 15.5. The Bertz CT molecular complexity index is 855. The monoisotopic (exact) mass is 321 g/mol. The zero-order chi connectivity index (χ0) is 16.9. The maximum atomic E-state index is 12.3. The summed E-state index contributed by atoms with van der Waals surface area (Å²) in [6.07, 6.45) is 3.54. The molecule has 0 fully saturated rings. The van der Waals surface area contributed by atoms with Gasteiger partial charge in [-0.05, 0) is 48.5 Å². The second kappa shape index (κ2) is 6.78. The van der Waals surface area contributed by atoms with Crippen molar-refractivity contribution in [2.75, 3.05) is 12.4 Å². The van der Waals surface area contributed by atoms with Gasteiger partial charge >= 0.3 is 5.97 Å². The highest BCUT2D eigenvalue weighted by atomic mass is 16.5. The van der Waals surface area contributed by atoms with Crippen molar-refractivity contribution in [3.05, 3.63) is 78.1 Å². The van der Waals surface area contributed by atoms with Crippen LogP contribution in [0.2, 0.25) is 0 Å². The lowest BCUT2D eigenvalue weighted by atomic mass is 10.1. The molecule has 1 N–H and O–H groups in total. The number of nitrogens with one attached hydrogen (secondary N) is 1. The quantitative estimate of drug-likeness (QED) is 0.750. The Balaban J connectivity index is 1.74. The molecule has 2 aromatic carbocycles. The summed E-state index contributed by atoms with van der Waals surface area (Å²) < 4.78 is 6.39. The van der Waals surface area contributed by atoms with Crippen molar-refractivity contribution in [1.29, 1.82) is 0 Å². The summed E-state index contributed by atoms with van der Waals surface area (Å²) in [5.41, 5.74) is 2.26. The molecule has 0 bridgehead atoms. The Kier molecular flexibility index (Phi) is 4.38. The lowest BCUT2D eigenvalue weighted by molar-refractivity contribution is 0.0600. The van der Waals surface area contributed by atoms with Gasteiger partial charge in [-0.25, -0.2) is 9.48 Å². The SMILES string of the molecule is COC(=O)c1cccc(C(=O)Nc2ccc(-n3cccn3)cc2)c1. The lowest BCUT2D eigenvalue weighted by Crippen LogP contribution is -2.13. The zero-order valence-electron chi connectivity index (χ0n) is 13.0. The highest BCUT2D eigenvalue weighted by Gasteiger charge is 2.11. The lowest BCUT2D eigenvalue weighted by Gasteiger charge is -2.08. The first-order chi connectivity index (χ1) is 11.7. The summed E-state index contributed by atoms with van der Waals surface area (Å²) in [6, 6.07) is 15.5. The van der Waals surface area contributed by atoms with Gasteiger partial charge in [0.15, 0.2) is 0 Å². The number of esters is 1. The summed E-state index contributed by atoms with van der Waals surface area (Å²) in [4.78, 5) is 23.8. The number of rotatable bonds is 4. The van der Waals surface area contributed by atoms with E-state index in [0.717, 1.165) is 5.69 Å². The van der Waals surface area contributed by atoms with Crippen LogP contribution >= 0.6 is 0 Å². The molecule has 0 aliphatic heterocycles. The number of carbonyl (C=O) groups is 2. The largest absolute Gasteiger partial charge is 0.465 e. The summed E-state index contributed by atoms with van der Waals surface area (Å²) >= 11 is 0. The van der Waals surface area contributed by atoms with Crippen LogP contribution in [0.3, 0.4) is 0 Å². The van der Waals surface area contributed by atoms with Crippen molar-refractivity contribution in [2.24, 2.45) is 0 Å². The molecule has 3 rings (SSSR count). The molecule has 24 heavy (non-hydrogen) atoms. The topological polar surface area (TPSA) is 73.2 Å². The van der Waals surface area contributed by atoms with Crippen LogP contribution in [-0.4, -0.2) is 28.8 Å². The first-order valence-electron chi connectivity index (χ1n) is 7.27. The van der Waals surface area contributed by atoms with E-state index < -0.39 is 5.97 Å². The van der Waals surface area contributed by atoms with Crippen LogP contribution in [0.4, 0.5) is 5.69 Å². The molecule has 0 aliphatic rings. The molecule has 6 nitrogen and oxygen atoms in total. The highest BCUT2D eigenvalue weighted by Crippen LogP contribution is 2.14. The molecule has 120 valence electrons. The van der Waals surface area contributed by atoms with Crippen LogP contribution in [0.1, 0.15) is 20.7 Å². The maximum Gasteiger partial charge on any atom is 0.337 e. The van der Waals surface area contributed by atoms with Gasteiger partial charge < -0.3 is 10.1 Å². The predicted molar refractivity (Wildman–Crippen MR) is 89.3 cm³/mol. The fourth-order valence-electron chi connectivity index (χ4n) is 2.23. The van der Waals surface area contributed by atoms with E-state index in [1.54, 1.807) is 41.2 Å². The Morgan fingerprint density at radius 3 is 2.46 bits per heavy atom. The van der Waals surface area contributed by atoms with E-state index in [-0.39, 0.29) is 5.91 Å². The van der Waals surface area contributed by atoms with Crippen LogP contribution in [0.5, 0.6) is 0 Å². The molecule has 1 aromatic heterocycles. The summed E-state index contributed by atoms with van der Waals surface area (Å²) in [6.45, 7) is 0. The van der Waals surface area contributed by atoms with Crippen LogP contribution in [0.15, 0.2) is 67.0 Å². The molecule has 0 unspecified atom stereocenters. The smallest absolute Gasteiger partial charge is 0.337 e. The molecule has 1 amide bonds. The van der Waals surface area contributed by atoms with Crippen molar-refractivity contribution in [1.82, 2.24) is 9.78 Å².